The van der Waals surface area contributed by atoms with E-state index in [1.54, 1.807) is 0 Å². The highest BCUT2D eigenvalue weighted by molar-refractivity contribution is 5.62. The number of benzene rings is 2. The average molecular weight is 273 g/mol. The molecule has 1 fully saturated rings. The van der Waals surface area contributed by atoms with Crippen molar-refractivity contribution in [3.8, 4) is 12.1 Å². The molecule has 0 spiro atoms. The minimum absolute atomic E-state index is 0.662. The Kier molecular flexibility index (Phi) is 3.58. The molecule has 0 aliphatic carbocycles. The van der Waals surface area contributed by atoms with Gasteiger partial charge in [0.1, 0.15) is 0 Å². The Balaban J connectivity index is 1.96. The molecule has 1 aliphatic heterocycles. The Bertz CT molecular complexity index is 729. The molecule has 0 N–H and O–H groups in total. The molecule has 2 aromatic rings. The fourth-order valence-corrected chi connectivity index (χ4v) is 2.62. The Morgan fingerprint density at radius 2 is 1.71 bits per heavy atom. The largest absolute Gasteiger partial charge is 0.371 e. The lowest BCUT2D eigenvalue weighted by molar-refractivity contribution is 0.615. The van der Waals surface area contributed by atoms with E-state index >= 15 is 0 Å². The van der Waals surface area contributed by atoms with Crippen LogP contribution >= 0.6 is 0 Å². The minimum atomic E-state index is 0.662. The summed E-state index contributed by atoms with van der Waals surface area (Å²) in [5, 5.41) is 18.2. The summed E-state index contributed by atoms with van der Waals surface area (Å²) >= 11 is 0. The van der Waals surface area contributed by atoms with Crippen molar-refractivity contribution in [3.63, 3.8) is 0 Å². The van der Waals surface area contributed by atoms with E-state index in [4.69, 9.17) is 5.26 Å². The van der Waals surface area contributed by atoms with Crippen LogP contribution in [-0.2, 0) is 6.42 Å². The molecule has 102 valence electrons. The zero-order valence-electron chi connectivity index (χ0n) is 11.7. The fourth-order valence-electron chi connectivity index (χ4n) is 2.62. The van der Waals surface area contributed by atoms with Gasteiger partial charge in [0.2, 0.25) is 0 Å². The summed E-state index contributed by atoms with van der Waals surface area (Å²) in [6.45, 7) is 2.13. The van der Waals surface area contributed by atoms with E-state index in [0.29, 0.717) is 5.56 Å². The highest BCUT2D eigenvalue weighted by Gasteiger charge is 2.19. The summed E-state index contributed by atoms with van der Waals surface area (Å²) in [4.78, 5) is 2.32. The van der Waals surface area contributed by atoms with Gasteiger partial charge < -0.3 is 4.90 Å². The third kappa shape index (κ3) is 2.59. The highest BCUT2D eigenvalue weighted by atomic mass is 15.2. The SMILES string of the molecule is N#Cc1ccc(Cc2c(C#N)cccc2N2CCC2)cc1. The standard InChI is InChI=1S/C18H15N3/c19-12-15-7-5-14(6-8-15)11-17-16(13-20)3-1-4-18(17)21-9-2-10-21/h1,3-8H,2,9-11H2. The molecule has 0 amide bonds. The summed E-state index contributed by atoms with van der Waals surface area (Å²) < 4.78 is 0. The molecule has 1 aliphatic rings. The van der Waals surface area contributed by atoms with Gasteiger partial charge in [0, 0.05) is 25.2 Å². The van der Waals surface area contributed by atoms with Gasteiger partial charge in [-0.3, -0.25) is 0 Å². The molecule has 0 aromatic heterocycles. The van der Waals surface area contributed by atoms with Gasteiger partial charge >= 0.3 is 0 Å². The molecule has 21 heavy (non-hydrogen) atoms. The second-order valence-corrected chi connectivity index (χ2v) is 5.24. The van der Waals surface area contributed by atoms with Gasteiger partial charge in [-0.05, 0) is 41.8 Å². The van der Waals surface area contributed by atoms with Gasteiger partial charge in [-0.2, -0.15) is 10.5 Å². The van der Waals surface area contributed by atoms with E-state index in [1.165, 1.54) is 12.1 Å². The summed E-state index contributed by atoms with van der Waals surface area (Å²) in [5.74, 6) is 0. The third-order valence-corrected chi connectivity index (χ3v) is 3.93. The maximum Gasteiger partial charge on any atom is 0.0995 e. The molecule has 3 heteroatoms. The summed E-state index contributed by atoms with van der Waals surface area (Å²) in [7, 11) is 0. The lowest BCUT2D eigenvalue weighted by atomic mass is 9.96. The van der Waals surface area contributed by atoms with E-state index in [0.717, 1.165) is 36.2 Å². The van der Waals surface area contributed by atoms with Gasteiger partial charge in [0.15, 0.2) is 0 Å². The monoisotopic (exact) mass is 273 g/mol. The van der Waals surface area contributed by atoms with Gasteiger partial charge in [-0.25, -0.2) is 0 Å². The van der Waals surface area contributed by atoms with Crippen molar-refractivity contribution < 1.29 is 0 Å². The molecule has 2 aromatic carbocycles. The zero-order valence-corrected chi connectivity index (χ0v) is 11.7. The maximum atomic E-state index is 9.36. The number of rotatable bonds is 3. The summed E-state index contributed by atoms with van der Waals surface area (Å²) in [5.41, 5.74) is 4.78. The van der Waals surface area contributed by atoms with Gasteiger partial charge in [-0.1, -0.05) is 18.2 Å². The molecular formula is C18H15N3. The predicted octanol–water partition coefficient (Wildman–Crippen LogP) is 3.23. The summed E-state index contributed by atoms with van der Waals surface area (Å²) in [6, 6.07) is 17.9. The molecule has 0 radical (unpaired) electrons. The van der Waals surface area contributed by atoms with Crippen molar-refractivity contribution in [2.24, 2.45) is 0 Å². The van der Waals surface area contributed by atoms with Gasteiger partial charge in [0.25, 0.3) is 0 Å². The molecular weight excluding hydrogens is 258 g/mol. The van der Waals surface area contributed by atoms with E-state index in [1.807, 2.05) is 36.4 Å². The Morgan fingerprint density at radius 1 is 0.952 bits per heavy atom. The van der Waals surface area contributed by atoms with Crippen molar-refractivity contribution in [1.29, 1.82) is 10.5 Å². The van der Waals surface area contributed by atoms with Crippen LogP contribution in [0.25, 0.3) is 0 Å². The van der Waals surface area contributed by atoms with Crippen LogP contribution in [-0.4, -0.2) is 13.1 Å². The molecule has 0 unspecified atom stereocenters. The van der Waals surface area contributed by atoms with Crippen LogP contribution in [0.2, 0.25) is 0 Å². The molecule has 3 nitrogen and oxygen atoms in total. The smallest absolute Gasteiger partial charge is 0.0995 e. The Morgan fingerprint density at radius 3 is 2.29 bits per heavy atom. The van der Waals surface area contributed by atoms with Crippen molar-refractivity contribution in [1.82, 2.24) is 0 Å². The van der Waals surface area contributed by atoms with Crippen LogP contribution < -0.4 is 4.90 Å². The predicted molar refractivity (Wildman–Crippen MR) is 82.0 cm³/mol. The van der Waals surface area contributed by atoms with E-state index < -0.39 is 0 Å². The van der Waals surface area contributed by atoms with Crippen molar-refractivity contribution in [3.05, 3.63) is 64.7 Å². The second kappa shape index (κ2) is 5.69. The molecule has 0 atom stereocenters. The third-order valence-electron chi connectivity index (χ3n) is 3.93. The number of hydrogen-bond donors (Lipinski definition) is 0. The van der Waals surface area contributed by atoms with Crippen molar-refractivity contribution >= 4 is 5.69 Å². The number of anilines is 1. The Labute approximate surface area is 124 Å². The van der Waals surface area contributed by atoms with Crippen molar-refractivity contribution in [2.75, 3.05) is 18.0 Å². The highest BCUT2D eigenvalue weighted by Crippen LogP contribution is 2.29. The number of nitriles is 2. The van der Waals surface area contributed by atoms with Gasteiger partial charge in [-0.15, -0.1) is 0 Å². The molecule has 0 bridgehead atoms. The fraction of sp³-hybridized carbons (Fsp3) is 0.222. The van der Waals surface area contributed by atoms with Crippen LogP contribution in [0.3, 0.4) is 0 Å². The van der Waals surface area contributed by atoms with E-state index in [2.05, 4.69) is 23.1 Å². The first-order chi connectivity index (χ1) is 10.3. The van der Waals surface area contributed by atoms with E-state index in [9.17, 15) is 5.26 Å². The van der Waals surface area contributed by atoms with E-state index in [-0.39, 0.29) is 0 Å². The lowest BCUT2D eigenvalue weighted by Crippen LogP contribution is -2.37. The normalized spacial score (nSPS) is 13.1. The number of nitrogens with zero attached hydrogens (tertiary/aromatic N) is 3. The first-order valence-corrected chi connectivity index (χ1v) is 7.08. The quantitative estimate of drug-likeness (QED) is 0.862. The molecule has 0 saturated carbocycles. The second-order valence-electron chi connectivity index (χ2n) is 5.24. The molecule has 1 heterocycles. The minimum Gasteiger partial charge on any atom is -0.371 e. The summed E-state index contributed by atoms with van der Waals surface area (Å²) in [6.07, 6.45) is 1.94. The van der Waals surface area contributed by atoms with Crippen LogP contribution in [0.4, 0.5) is 5.69 Å². The first kappa shape index (κ1) is 13.2. The van der Waals surface area contributed by atoms with Crippen molar-refractivity contribution in [2.45, 2.75) is 12.8 Å². The van der Waals surface area contributed by atoms with Crippen LogP contribution in [0.15, 0.2) is 42.5 Å². The van der Waals surface area contributed by atoms with Crippen LogP contribution in [0, 0.1) is 22.7 Å². The average Bonchev–Trinajstić information content (AvgIpc) is 2.48. The molecule has 3 rings (SSSR count). The Hall–Kier alpha value is -2.78. The van der Waals surface area contributed by atoms with Crippen LogP contribution in [0.5, 0.6) is 0 Å². The van der Waals surface area contributed by atoms with Crippen LogP contribution in [0.1, 0.15) is 28.7 Å². The zero-order chi connectivity index (χ0) is 14.7. The maximum absolute atomic E-state index is 9.36. The van der Waals surface area contributed by atoms with Gasteiger partial charge in [0.05, 0.1) is 23.3 Å². The molecule has 1 saturated heterocycles. The lowest BCUT2D eigenvalue weighted by Gasteiger charge is -2.35. The topological polar surface area (TPSA) is 50.8 Å². The first-order valence-electron chi connectivity index (χ1n) is 7.08. The number of hydrogen-bond acceptors (Lipinski definition) is 3.